The lowest BCUT2D eigenvalue weighted by molar-refractivity contribution is -0.185. The van der Waals surface area contributed by atoms with Gasteiger partial charge in [-0.05, 0) is 24.6 Å². The molecule has 1 aromatic carbocycles. The van der Waals surface area contributed by atoms with E-state index in [9.17, 15) is 22.8 Å². The molecule has 0 saturated heterocycles. The number of rotatable bonds is 5. The molecule has 0 bridgehead atoms. The summed E-state index contributed by atoms with van der Waals surface area (Å²) >= 11 is 0. The Morgan fingerprint density at radius 1 is 1.33 bits per heavy atom. The Hall–Kier alpha value is -2.09. The maximum absolute atomic E-state index is 12.4. The number of alkyl halides is 3. The van der Waals surface area contributed by atoms with E-state index >= 15 is 0 Å². The normalized spacial score (nSPS) is 11.1. The van der Waals surface area contributed by atoms with Gasteiger partial charge in [-0.15, -0.1) is 0 Å². The summed E-state index contributed by atoms with van der Waals surface area (Å²) in [5.41, 5.74) is 6.05. The fourth-order valence-corrected chi connectivity index (χ4v) is 1.69. The van der Waals surface area contributed by atoms with Crippen LogP contribution in [0, 0.1) is 0 Å². The molecule has 0 fully saturated rings. The smallest absolute Gasteiger partial charge is 0.331 e. The molecule has 5 nitrogen and oxygen atoms in total. The second-order valence-electron chi connectivity index (χ2n) is 4.27. The lowest BCUT2D eigenvalue weighted by Gasteiger charge is -2.22. The van der Waals surface area contributed by atoms with Crippen molar-refractivity contribution in [3.8, 4) is 0 Å². The molecule has 0 aromatic heterocycles. The van der Waals surface area contributed by atoms with Crippen LogP contribution in [0.25, 0.3) is 0 Å². The fraction of sp³-hybridized carbons (Fsp3) is 0.385. The van der Waals surface area contributed by atoms with Crippen molar-refractivity contribution in [3.63, 3.8) is 0 Å². The van der Waals surface area contributed by atoms with Gasteiger partial charge in [0.25, 0.3) is 0 Å². The maximum Gasteiger partial charge on any atom is 0.471 e. The molecule has 0 unspecified atom stereocenters. The fourth-order valence-electron chi connectivity index (χ4n) is 1.69. The number of nitrogens with two attached hydrogens (primary N) is 1. The third kappa shape index (κ3) is 5.07. The third-order valence-corrected chi connectivity index (χ3v) is 2.68. The van der Waals surface area contributed by atoms with E-state index in [1.165, 1.54) is 13.0 Å². The van der Waals surface area contributed by atoms with Crippen LogP contribution in [-0.2, 0) is 16.1 Å². The molecule has 0 saturated carbocycles. The first kappa shape index (κ1) is 17.0. The summed E-state index contributed by atoms with van der Waals surface area (Å²) in [6.07, 6.45) is -4.90. The van der Waals surface area contributed by atoms with Crippen molar-refractivity contribution in [2.24, 2.45) is 5.73 Å². The zero-order valence-corrected chi connectivity index (χ0v) is 11.4. The molecule has 0 atom stereocenters. The average Bonchev–Trinajstić information content (AvgIpc) is 2.43. The molecule has 0 radical (unpaired) electrons. The van der Waals surface area contributed by atoms with Crippen LogP contribution in [0.1, 0.15) is 12.5 Å². The summed E-state index contributed by atoms with van der Waals surface area (Å²) in [6, 6.07) is 6.23. The van der Waals surface area contributed by atoms with E-state index in [2.05, 4.69) is 5.32 Å². The monoisotopic (exact) mass is 303 g/mol. The Bertz CT molecular complexity index is 518. The maximum atomic E-state index is 12.4. The minimum atomic E-state index is -4.90. The number of carbonyl (C=O) groups is 2. The molecule has 0 spiro atoms. The predicted octanol–water partition coefficient (Wildman–Crippen LogP) is 1.49. The van der Waals surface area contributed by atoms with E-state index in [-0.39, 0.29) is 19.6 Å². The molecule has 3 N–H and O–H groups in total. The van der Waals surface area contributed by atoms with Gasteiger partial charge < -0.3 is 16.0 Å². The van der Waals surface area contributed by atoms with Crippen molar-refractivity contribution in [1.29, 1.82) is 0 Å². The molecular formula is C13H16F3N3O2. The highest BCUT2D eigenvalue weighted by Crippen LogP contribution is 2.20. The second-order valence-corrected chi connectivity index (χ2v) is 4.27. The number of hydrogen-bond acceptors (Lipinski definition) is 3. The third-order valence-electron chi connectivity index (χ3n) is 2.68. The van der Waals surface area contributed by atoms with Gasteiger partial charge in [0, 0.05) is 18.8 Å². The topological polar surface area (TPSA) is 75.4 Å². The lowest BCUT2D eigenvalue weighted by Crippen LogP contribution is -2.40. The van der Waals surface area contributed by atoms with E-state index in [0.29, 0.717) is 16.2 Å². The van der Waals surface area contributed by atoms with Gasteiger partial charge in [0.15, 0.2) is 0 Å². The van der Waals surface area contributed by atoms with Crippen molar-refractivity contribution in [3.05, 3.63) is 29.8 Å². The first-order chi connectivity index (χ1) is 9.77. The van der Waals surface area contributed by atoms with Gasteiger partial charge in [0.1, 0.15) is 0 Å². The molecule has 0 aliphatic heterocycles. The van der Waals surface area contributed by atoms with Gasteiger partial charge in [-0.3, -0.25) is 9.59 Å². The van der Waals surface area contributed by atoms with Gasteiger partial charge >= 0.3 is 12.1 Å². The van der Waals surface area contributed by atoms with Crippen molar-refractivity contribution in [2.45, 2.75) is 19.6 Å². The van der Waals surface area contributed by atoms with Gasteiger partial charge in [-0.2, -0.15) is 13.2 Å². The zero-order chi connectivity index (χ0) is 16.0. The second kappa shape index (κ2) is 7.07. The molecule has 1 rings (SSSR count). The predicted molar refractivity (Wildman–Crippen MR) is 71.3 cm³/mol. The number of hydrogen-bond donors (Lipinski definition) is 2. The summed E-state index contributed by atoms with van der Waals surface area (Å²) in [6.45, 7) is 1.00. The number of amides is 2. The van der Waals surface area contributed by atoms with Crippen LogP contribution in [0.15, 0.2) is 24.3 Å². The van der Waals surface area contributed by atoms with Gasteiger partial charge in [-0.25, -0.2) is 0 Å². The minimum absolute atomic E-state index is 0.0717. The highest BCUT2D eigenvalue weighted by Gasteiger charge is 2.41. The number of nitrogens with one attached hydrogen (secondary N) is 1. The largest absolute Gasteiger partial charge is 0.471 e. The van der Waals surface area contributed by atoms with E-state index < -0.39 is 18.0 Å². The molecule has 116 valence electrons. The molecule has 1 aromatic rings. The average molecular weight is 303 g/mol. The van der Waals surface area contributed by atoms with Gasteiger partial charge in [0.2, 0.25) is 5.91 Å². The number of anilines is 1. The van der Waals surface area contributed by atoms with Crippen LogP contribution in [0.5, 0.6) is 0 Å². The Morgan fingerprint density at radius 3 is 2.52 bits per heavy atom. The molecular weight excluding hydrogens is 287 g/mol. The number of nitrogens with zero attached hydrogens (tertiary/aromatic N) is 1. The quantitative estimate of drug-likeness (QED) is 0.865. The molecule has 2 amide bonds. The summed E-state index contributed by atoms with van der Waals surface area (Å²) in [4.78, 5) is 23.1. The molecule has 0 heterocycles. The Labute approximate surface area is 119 Å². The minimum Gasteiger partial charge on any atom is -0.331 e. The SMILES string of the molecule is CCN(Cc1cccc(NC(=O)CN)c1)C(=O)C(F)(F)F. The van der Waals surface area contributed by atoms with Crippen molar-refractivity contribution < 1.29 is 22.8 Å². The Morgan fingerprint density at radius 2 is 2.00 bits per heavy atom. The van der Waals surface area contributed by atoms with E-state index in [0.717, 1.165) is 0 Å². The Kier molecular flexibility index (Phi) is 5.71. The summed E-state index contributed by atoms with van der Waals surface area (Å²) in [5.74, 6) is -2.30. The molecule has 21 heavy (non-hydrogen) atoms. The van der Waals surface area contributed by atoms with Crippen molar-refractivity contribution in [2.75, 3.05) is 18.4 Å². The van der Waals surface area contributed by atoms with Crippen LogP contribution < -0.4 is 11.1 Å². The van der Waals surface area contributed by atoms with Crippen LogP contribution >= 0.6 is 0 Å². The Balaban J connectivity index is 2.84. The van der Waals surface area contributed by atoms with Crippen LogP contribution in [-0.4, -0.2) is 36.0 Å². The van der Waals surface area contributed by atoms with E-state index in [1.807, 2.05) is 0 Å². The van der Waals surface area contributed by atoms with E-state index in [4.69, 9.17) is 5.73 Å². The van der Waals surface area contributed by atoms with Crippen LogP contribution in [0.3, 0.4) is 0 Å². The van der Waals surface area contributed by atoms with Crippen LogP contribution in [0.2, 0.25) is 0 Å². The highest BCUT2D eigenvalue weighted by atomic mass is 19.4. The standard InChI is InChI=1S/C13H16F3N3O2/c1-2-19(12(21)13(14,15)16)8-9-4-3-5-10(6-9)18-11(20)7-17/h3-6H,2,7-8,17H2,1H3,(H,18,20). The van der Waals surface area contributed by atoms with Gasteiger partial charge in [0.05, 0.1) is 6.54 Å². The number of halogens is 3. The van der Waals surface area contributed by atoms with Crippen LogP contribution in [0.4, 0.5) is 18.9 Å². The van der Waals surface area contributed by atoms with Crippen molar-refractivity contribution in [1.82, 2.24) is 4.90 Å². The first-order valence-electron chi connectivity index (χ1n) is 6.23. The van der Waals surface area contributed by atoms with E-state index in [1.54, 1.807) is 18.2 Å². The van der Waals surface area contributed by atoms with Gasteiger partial charge in [-0.1, -0.05) is 12.1 Å². The zero-order valence-electron chi connectivity index (χ0n) is 11.4. The number of carbonyl (C=O) groups excluding carboxylic acids is 2. The van der Waals surface area contributed by atoms with Crippen molar-refractivity contribution >= 4 is 17.5 Å². The lowest BCUT2D eigenvalue weighted by atomic mass is 10.2. The number of benzene rings is 1. The highest BCUT2D eigenvalue weighted by molar-refractivity contribution is 5.92. The molecule has 0 aliphatic rings. The summed E-state index contributed by atoms with van der Waals surface area (Å²) in [5, 5.41) is 2.49. The summed E-state index contributed by atoms with van der Waals surface area (Å²) < 4.78 is 37.3. The molecule has 0 aliphatic carbocycles. The summed E-state index contributed by atoms with van der Waals surface area (Å²) in [7, 11) is 0. The molecule has 8 heteroatoms. The first-order valence-corrected chi connectivity index (χ1v) is 6.23.